The quantitative estimate of drug-likeness (QED) is 0.679. The highest BCUT2D eigenvalue weighted by molar-refractivity contribution is 9.10. The second kappa shape index (κ2) is 5.74. The third-order valence-electron chi connectivity index (χ3n) is 4.18. The van der Waals surface area contributed by atoms with Crippen LogP contribution in [-0.4, -0.2) is 43.7 Å². The number of benzene rings is 1. The summed E-state index contributed by atoms with van der Waals surface area (Å²) in [7, 11) is 0. The minimum atomic E-state index is 0.191. The minimum Gasteiger partial charge on any atom is -0.378 e. The Morgan fingerprint density at radius 1 is 1.30 bits per heavy atom. The van der Waals surface area contributed by atoms with Gasteiger partial charge in [-0.2, -0.15) is 0 Å². The molecule has 2 N–H and O–H groups in total. The first-order chi connectivity index (χ1) is 9.71. The molecule has 4 nitrogen and oxygen atoms in total. The van der Waals surface area contributed by atoms with Gasteiger partial charge in [0.15, 0.2) is 5.96 Å². The number of ether oxygens (including phenoxy) is 1. The number of rotatable bonds is 3. The maximum Gasteiger partial charge on any atom is 0.191 e. The second-order valence-electron chi connectivity index (χ2n) is 5.53. The number of morpholine rings is 1. The van der Waals surface area contributed by atoms with Gasteiger partial charge < -0.3 is 15.4 Å². The van der Waals surface area contributed by atoms with Crippen LogP contribution in [0.1, 0.15) is 18.4 Å². The standard InChI is InChI=1S/C15H20BrN3O/c16-13-4-2-1-3-12(13)15(5-6-15)11-18-14(17)19-7-9-20-10-8-19/h1-4H,5-11H2,(H2,17,18). The van der Waals surface area contributed by atoms with Gasteiger partial charge in [-0.3, -0.25) is 4.99 Å². The van der Waals surface area contributed by atoms with E-state index in [2.05, 4.69) is 50.1 Å². The number of halogens is 1. The van der Waals surface area contributed by atoms with Gasteiger partial charge in [0.25, 0.3) is 0 Å². The van der Waals surface area contributed by atoms with Crippen LogP contribution in [-0.2, 0) is 10.2 Å². The molecule has 20 heavy (non-hydrogen) atoms. The smallest absolute Gasteiger partial charge is 0.191 e. The summed E-state index contributed by atoms with van der Waals surface area (Å²) in [6, 6.07) is 8.44. The molecule has 1 aromatic rings. The summed E-state index contributed by atoms with van der Waals surface area (Å²) < 4.78 is 6.51. The molecule has 3 rings (SSSR count). The van der Waals surface area contributed by atoms with Crippen molar-refractivity contribution in [3.8, 4) is 0 Å². The lowest BCUT2D eigenvalue weighted by Gasteiger charge is -2.28. The Bertz CT molecular complexity index is 508. The highest BCUT2D eigenvalue weighted by atomic mass is 79.9. The number of nitrogens with two attached hydrogens (primary N) is 1. The van der Waals surface area contributed by atoms with Gasteiger partial charge in [0, 0.05) is 23.0 Å². The fourth-order valence-corrected chi connectivity index (χ4v) is 3.38. The maximum absolute atomic E-state index is 6.11. The second-order valence-corrected chi connectivity index (χ2v) is 6.39. The highest BCUT2D eigenvalue weighted by Crippen LogP contribution is 2.50. The lowest BCUT2D eigenvalue weighted by Crippen LogP contribution is -2.45. The molecule has 108 valence electrons. The SMILES string of the molecule is NC(=NCC1(c2ccccc2Br)CC1)N1CCOCC1. The van der Waals surface area contributed by atoms with Gasteiger partial charge in [-0.15, -0.1) is 0 Å². The molecule has 2 fully saturated rings. The third kappa shape index (κ3) is 2.83. The number of hydrogen-bond acceptors (Lipinski definition) is 2. The molecule has 0 unspecified atom stereocenters. The number of guanidine groups is 1. The van der Waals surface area contributed by atoms with Crippen molar-refractivity contribution in [3.05, 3.63) is 34.3 Å². The molecule has 1 heterocycles. The number of nitrogens with zero attached hydrogens (tertiary/aromatic N) is 2. The Morgan fingerprint density at radius 2 is 2.00 bits per heavy atom. The van der Waals surface area contributed by atoms with Crippen molar-refractivity contribution < 1.29 is 4.74 Å². The molecule has 0 spiro atoms. The van der Waals surface area contributed by atoms with E-state index in [0.29, 0.717) is 5.96 Å². The van der Waals surface area contributed by atoms with E-state index >= 15 is 0 Å². The normalized spacial score (nSPS) is 21.9. The zero-order chi connectivity index (χ0) is 14.0. The molecule has 5 heteroatoms. The third-order valence-corrected chi connectivity index (χ3v) is 4.87. The molecule has 0 radical (unpaired) electrons. The summed E-state index contributed by atoms with van der Waals surface area (Å²) >= 11 is 3.65. The van der Waals surface area contributed by atoms with Crippen molar-refractivity contribution in [2.45, 2.75) is 18.3 Å². The van der Waals surface area contributed by atoms with Crippen LogP contribution >= 0.6 is 15.9 Å². The van der Waals surface area contributed by atoms with Crippen LogP contribution < -0.4 is 5.73 Å². The van der Waals surface area contributed by atoms with Crippen LogP contribution in [0.4, 0.5) is 0 Å². The van der Waals surface area contributed by atoms with Gasteiger partial charge in [-0.05, 0) is 24.5 Å². The van der Waals surface area contributed by atoms with Gasteiger partial charge in [0.2, 0.25) is 0 Å². The van der Waals surface area contributed by atoms with Crippen molar-refractivity contribution in [1.82, 2.24) is 4.90 Å². The Hall–Kier alpha value is -1.07. The molecular weight excluding hydrogens is 318 g/mol. The molecule has 1 aliphatic heterocycles. The highest BCUT2D eigenvalue weighted by Gasteiger charge is 2.45. The van der Waals surface area contributed by atoms with Crippen LogP contribution in [0.2, 0.25) is 0 Å². The van der Waals surface area contributed by atoms with E-state index in [1.54, 1.807) is 0 Å². The average Bonchev–Trinajstić information content (AvgIpc) is 3.27. The maximum atomic E-state index is 6.11. The Kier molecular flexibility index (Phi) is 3.98. The molecule has 1 saturated carbocycles. The van der Waals surface area contributed by atoms with Crippen LogP contribution in [0.15, 0.2) is 33.7 Å². The number of hydrogen-bond donors (Lipinski definition) is 1. The van der Waals surface area contributed by atoms with Crippen molar-refractivity contribution >= 4 is 21.9 Å². The molecule has 1 saturated heterocycles. The van der Waals surface area contributed by atoms with Crippen molar-refractivity contribution in [2.24, 2.45) is 10.7 Å². The fourth-order valence-electron chi connectivity index (χ4n) is 2.68. The first-order valence-electron chi connectivity index (χ1n) is 7.09. The Morgan fingerprint density at radius 3 is 2.65 bits per heavy atom. The first-order valence-corrected chi connectivity index (χ1v) is 7.88. The molecule has 0 amide bonds. The molecule has 2 aliphatic rings. The predicted molar refractivity (Wildman–Crippen MR) is 83.9 cm³/mol. The van der Waals surface area contributed by atoms with Gasteiger partial charge in [-0.25, -0.2) is 0 Å². The van der Waals surface area contributed by atoms with E-state index in [1.165, 1.54) is 22.9 Å². The number of aliphatic imine (C=N–C) groups is 1. The zero-order valence-electron chi connectivity index (χ0n) is 11.5. The molecule has 0 bridgehead atoms. The lowest BCUT2D eigenvalue weighted by atomic mass is 9.96. The van der Waals surface area contributed by atoms with E-state index in [-0.39, 0.29) is 5.41 Å². The summed E-state index contributed by atoms with van der Waals surface area (Å²) in [6.45, 7) is 3.95. The van der Waals surface area contributed by atoms with Crippen molar-refractivity contribution in [3.63, 3.8) is 0 Å². The van der Waals surface area contributed by atoms with Gasteiger partial charge in [-0.1, -0.05) is 34.1 Å². The van der Waals surface area contributed by atoms with Crippen molar-refractivity contribution in [1.29, 1.82) is 0 Å². The molecule has 0 aromatic heterocycles. The fraction of sp³-hybridized carbons (Fsp3) is 0.533. The summed E-state index contributed by atoms with van der Waals surface area (Å²) in [4.78, 5) is 6.75. The van der Waals surface area contributed by atoms with Crippen molar-refractivity contribution in [2.75, 3.05) is 32.8 Å². The van der Waals surface area contributed by atoms with E-state index in [0.717, 1.165) is 32.8 Å². The zero-order valence-corrected chi connectivity index (χ0v) is 13.1. The van der Waals surface area contributed by atoms with Gasteiger partial charge in [0.1, 0.15) is 0 Å². The van der Waals surface area contributed by atoms with E-state index in [9.17, 15) is 0 Å². The van der Waals surface area contributed by atoms with Gasteiger partial charge in [0.05, 0.1) is 19.8 Å². The van der Waals surface area contributed by atoms with Crippen LogP contribution in [0.5, 0.6) is 0 Å². The topological polar surface area (TPSA) is 50.8 Å². The largest absolute Gasteiger partial charge is 0.378 e. The molecule has 1 aliphatic carbocycles. The predicted octanol–water partition coefficient (Wildman–Crippen LogP) is 2.13. The first kappa shape index (κ1) is 13.9. The van der Waals surface area contributed by atoms with E-state index in [4.69, 9.17) is 10.5 Å². The van der Waals surface area contributed by atoms with E-state index in [1.807, 2.05) is 0 Å². The average molecular weight is 338 g/mol. The molecular formula is C15H20BrN3O. The van der Waals surface area contributed by atoms with E-state index < -0.39 is 0 Å². The summed E-state index contributed by atoms with van der Waals surface area (Å²) in [5.74, 6) is 0.659. The summed E-state index contributed by atoms with van der Waals surface area (Å²) in [5.41, 5.74) is 7.66. The van der Waals surface area contributed by atoms with Crippen LogP contribution in [0.25, 0.3) is 0 Å². The summed E-state index contributed by atoms with van der Waals surface area (Å²) in [5, 5.41) is 0. The monoisotopic (exact) mass is 337 g/mol. The van der Waals surface area contributed by atoms with Crippen LogP contribution in [0.3, 0.4) is 0 Å². The Labute approximate surface area is 128 Å². The Balaban J connectivity index is 1.69. The molecule has 1 aromatic carbocycles. The van der Waals surface area contributed by atoms with Crippen LogP contribution in [0, 0.1) is 0 Å². The van der Waals surface area contributed by atoms with Gasteiger partial charge >= 0.3 is 0 Å². The minimum absolute atomic E-state index is 0.191. The lowest BCUT2D eigenvalue weighted by molar-refractivity contribution is 0.0674. The molecule has 0 atom stereocenters. The summed E-state index contributed by atoms with van der Waals surface area (Å²) in [6.07, 6.45) is 2.38.